The highest BCUT2D eigenvalue weighted by Crippen LogP contribution is 2.21. The van der Waals surface area contributed by atoms with E-state index in [-0.39, 0.29) is 16.3 Å². The molecule has 24 heavy (non-hydrogen) atoms. The molecule has 0 saturated heterocycles. The molecule has 0 saturated carbocycles. The van der Waals surface area contributed by atoms with Gasteiger partial charge in [0.25, 0.3) is 5.91 Å². The zero-order valence-corrected chi connectivity index (χ0v) is 14.2. The van der Waals surface area contributed by atoms with Crippen molar-refractivity contribution in [3.8, 4) is 0 Å². The smallest absolute Gasteiger partial charge is 0.328 e. The predicted octanol–water partition coefficient (Wildman–Crippen LogP) is 2.41. The lowest BCUT2D eigenvalue weighted by atomic mass is 10.1. The average molecular weight is 360 g/mol. The molecule has 0 radical (unpaired) electrons. The summed E-state index contributed by atoms with van der Waals surface area (Å²) in [5.41, 5.74) is -0.254. The SMILES string of the molecule is CC(C)(C)NC(=O)Nc1ccc(Cl)c(C(=O)NC(CF)C(=O)O)c1. The number of carboxylic acids is 1. The van der Waals surface area contributed by atoms with Crippen LogP contribution < -0.4 is 16.0 Å². The van der Waals surface area contributed by atoms with Crippen LogP contribution in [-0.2, 0) is 4.79 Å². The van der Waals surface area contributed by atoms with E-state index in [9.17, 15) is 18.8 Å². The van der Waals surface area contributed by atoms with Crippen molar-refractivity contribution in [3.63, 3.8) is 0 Å². The van der Waals surface area contributed by atoms with Gasteiger partial charge in [0.1, 0.15) is 6.67 Å². The maximum Gasteiger partial charge on any atom is 0.328 e. The van der Waals surface area contributed by atoms with Crippen LogP contribution in [0.15, 0.2) is 18.2 Å². The zero-order valence-electron chi connectivity index (χ0n) is 13.4. The fraction of sp³-hybridized carbons (Fsp3) is 0.400. The summed E-state index contributed by atoms with van der Waals surface area (Å²) in [5, 5.41) is 16.0. The van der Waals surface area contributed by atoms with Gasteiger partial charge >= 0.3 is 12.0 Å². The minimum Gasteiger partial charge on any atom is -0.480 e. The average Bonchev–Trinajstić information content (AvgIpc) is 2.44. The first kappa shape index (κ1) is 19.7. The van der Waals surface area contributed by atoms with E-state index in [0.29, 0.717) is 0 Å². The molecule has 4 N–H and O–H groups in total. The van der Waals surface area contributed by atoms with E-state index in [0.717, 1.165) is 0 Å². The summed E-state index contributed by atoms with van der Waals surface area (Å²) < 4.78 is 12.6. The first-order valence-corrected chi connectivity index (χ1v) is 7.39. The van der Waals surface area contributed by atoms with Gasteiger partial charge < -0.3 is 21.1 Å². The second-order valence-corrected chi connectivity index (χ2v) is 6.45. The fourth-order valence-corrected chi connectivity index (χ4v) is 1.89. The maximum atomic E-state index is 12.6. The largest absolute Gasteiger partial charge is 0.480 e. The number of halogens is 2. The molecule has 0 heterocycles. The number of carbonyl (C=O) groups is 3. The third-order valence-electron chi connectivity index (χ3n) is 2.72. The Balaban J connectivity index is 2.91. The van der Waals surface area contributed by atoms with Gasteiger partial charge in [0, 0.05) is 11.2 Å². The molecule has 0 fully saturated rings. The number of anilines is 1. The molecule has 0 aliphatic rings. The molecule has 0 bridgehead atoms. The molecule has 1 rings (SSSR count). The Morgan fingerprint density at radius 1 is 1.29 bits per heavy atom. The minimum atomic E-state index is -1.67. The van der Waals surface area contributed by atoms with Crippen LogP contribution in [0.4, 0.5) is 14.9 Å². The quantitative estimate of drug-likeness (QED) is 0.647. The van der Waals surface area contributed by atoms with E-state index in [1.165, 1.54) is 18.2 Å². The maximum absolute atomic E-state index is 12.6. The van der Waals surface area contributed by atoms with Gasteiger partial charge in [0.2, 0.25) is 0 Å². The third-order valence-corrected chi connectivity index (χ3v) is 3.04. The summed E-state index contributed by atoms with van der Waals surface area (Å²) in [4.78, 5) is 34.7. The van der Waals surface area contributed by atoms with Crippen molar-refractivity contribution in [2.24, 2.45) is 0 Å². The van der Waals surface area contributed by atoms with Crippen LogP contribution in [0, 0.1) is 0 Å². The molecule has 1 atom stereocenters. The van der Waals surface area contributed by atoms with Crippen LogP contribution in [0.25, 0.3) is 0 Å². The number of nitrogens with one attached hydrogen (secondary N) is 3. The predicted molar refractivity (Wildman–Crippen MR) is 88.2 cm³/mol. The van der Waals surface area contributed by atoms with E-state index in [4.69, 9.17) is 16.7 Å². The van der Waals surface area contributed by atoms with Gasteiger partial charge in [-0.05, 0) is 39.0 Å². The van der Waals surface area contributed by atoms with Gasteiger partial charge in [-0.25, -0.2) is 14.0 Å². The number of carboxylic acid groups (broad SMARTS) is 1. The van der Waals surface area contributed by atoms with Crippen LogP contribution in [0.2, 0.25) is 5.02 Å². The van der Waals surface area contributed by atoms with E-state index < -0.39 is 36.2 Å². The van der Waals surface area contributed by atoms with Gasteiger partial charge in [-0.15, -0.1) is 0 Å². The summed E-state index contributed by atoms with van der Waals surface area (Å²) in [6, 6.07) is 1.97. The Morgan fingerprint density at radius 2 is 1.92 bits per heavy atom. The number of benzene rings is 1. The van der Waals surface area contributed by atoms with E-state index in [1.54, 1.807) is 20.8 Å². The number of hydrogen-bond donors (Lipinski definition) is 4. The van der Waals surface area contributed by atoms with Crippen molar-refractivity contribution in [3.05, 3.63) is 28.8 Å². The zero-order chi connectivity index (χ0) is 18.5. The van der Waals surface area contributed by atoms with Gasteiger partial charge in [0.05, 0.1) is 10.6 Å². The van der Waals surface area contributed by atoms with E-state index >= 15 is 0 Å². The Bertz CT molecular complexity index is 646. The van der Waals surface area contributed by atoms with Gasteiger partial charge in [-0.2, -0.15) is 0 Å². The Hall–Kier alpha value is -2.35. The monoisotopic (exact) mass is 359 g/mol. The Kier molecular flexibility index (Phi) is 6.53. The number of hydrogen-bond acceptors (Lipinski definition) is 3. The summed E-state index contributed by atoms with van der Waals surface area (Å²) in [5.74, 6) is -2.36. The molecular weight excluding hydrogens is 341 g/mol. The van der Waals surface area contributed by atoms with Crippen LogP contribution >= 0.6 is 11.6 Å². The second kappa shape index (κ2) is 7.96. The fourth-order valence-electron chi connectivity index (χ4n) is 1.68. The van der Waals surface area contributed by atoms with Crippen molar-refractivity contribution >= 4 is 35.2 Å². The number of carbonyl (C=O) groups excluding carboxylic acids is 2. The summed E-state index contributed by atoms with van der Waals surface area (Å²) in [6.45, 7) is 4.15. The Morgan fingerprint density at radius 3 is 2.42 bits per heavy atom. The molecule has 0 aromatic heterocycles. The summed E-state index contributed by atoms with van der Waals surface area (Å²) >= 11 is 5.91. The molecule has 1 unspecified atom stereocenters. The Labute approximate surface area is 143 Å². The topological polar surface area (TPSA) is 108 Å². The summed E-state index contributed by atoms with van der Waals surface area (Å²) in [6.07, 6.45) is 0. The number of aliphatic carboxylic acids is 1. The van der Waals surface area contributed by atoms with Crippen LogP contribution in [0.5, 0.6) is 0 Å². The number of amides is 3. The first-order valence-electron chi connectivity index (χ1n) is 7.02. The molecule has 0 aliphatic heterocycles. The van der Waals surface area contributed by atoms with Gasteiger partial charge in [-0.1, -0.05) is 11.6 Å². The molecule has 1 aromatic carbocycles. The third kappa shape index (κ3) is 6.04. The van der Waals surface area contributed by atoms with Crippen molar-refractivity contribution in [1.29, 1.82) is 0 Å². The highest BCUT2D eigenvalue weighted by molar-refractivity contribution is 6.34. The molecule has 7 nitrogen and oxygen atoms in total. The number of alkyl halides is 1. The van der Waals surface area contributed by atoms with Crippen LogP contribution in [-0.4, -0.2) is 41.3 Å². The van der Waals surface area contributed by atoms with Crippen molar-refractivity contribution in [1.82, 2.24) is 10.6 Å². The molecular formula is C15H19ClFN3O4. The minimum absolute atomic E-state index is 0.0391. The van der Waals surface area contributed by atoms with Crippen molar-refractivity contribution < 1.29 is 23.9 Å². The summed E-state index contributed by atoms with van der Waals surface area (Å²) in [7, 11) is 0. The highest BCUT2D eigenvalue weighted by atomic mass is 35.5. The van der Waals surface area contributed by atoms with E-state index in [1.807, 2.05) is 5.32 Å². The standard InChI is InChI=1S/C15H19ClFN3O4/c1-15(2,3)20-14(24)18-8-4-5-10(16)9(6-8)12(21)19-11(7-17)13(22)23/h4-6,11H,7H2,1-3H3,(H,19,21)(H,22,23)(H2,18,20,24). The van der Waals surface area contributed by atoms with Crippen molar-refractivity contribution in [2.75, 3.05) is 12.0 Å². The molecule has 1 aromatic rings. The van der Waals surface area contributed by atoms with Gasteiger partial charge in [-0.3, -0.25) is 4.79 Å². The molecule has 132 valence electrons. The first-order chi connectivity index (χ1) is 11.0. The second-order valence-electron chi connectivity index (χ2n) is 6.04. The molecule has 0 aliphatic carbocycles. The normalized spacial score (nSPS) is 12.2. The lowest BCUT2D eigenvalue weighted by Gasteiger charge is -2.21. The highest BCUT2D eigenvalue weighted by Gasteiger charge is 2.22. The van der Waals surface area contributed by atoms with Crippen LogP contribution in [0.3, 0.4) is 0 Å². The molecule has 9 heteroatoms. The number of urea groups is 1. The van der Waals surface area contributed by atoms with E-state index in [2.05, 4.69) is 10.6 Å². The number of rotatable bonds is 5. The van der Waals surface area contributed by atoms with Crippen LogP contribution in [0.1, 0.15) is 31.1 Å². The molecule has 0 spiro atoms. The van der Waals surface area contributed by atoms with Crippen molar-refractivity contribution in [2.45, 2.75) is 32.4 Å². The lowest BCUT2D eigenvalue weighted by Crippen LogP contribution is -2.43. The molecule has 3 amide bonds. The van der Waals surface area contributed by atoms with Gasteiger partial charge in [0.15, 0.2) is 6.04 Å². The lowest BCUT2D eigenvalue weighted by molar-refractivity contribution is -0.139.